The van der Waals surface area contributed by atoms with Crippen LogP contribution in [0.3, 0.4) is 0 Å². The standard InChI is InChI=1S/C2H6O5Si2/c3-1(4)8-7-9-2(5)6/h8-9H2,(H,3,4)(H,5,6). The predicted octanol–water partition coefficient (Wildman–Crippen LogP) is -1.47. The number of carbonyl (C=O) groups is 2. The molecule has 2 N–H and O–H groups in total. The van der Waals surface area contributed by atoms with E-state index in [0.29, 0.717) is 0 Å². The molecule has 0 saturated carbocycles. The summed E-state index contributed by atoms with van der Waals surface area (Å²) in [5.74, 6) is 0. The van der Waals surface area contributed by atoms with E-state index in [4.69, 9.17) is 10.2 Å². The maximum absolute atomic E-state index is 9.75. The summed E-state index contributed by atoms with van der Waals surface area (Å²) in [5.41, 5.74) is -1.99. The molecule has 0 aromatic rings. The van der Waals surface area contributed by atoms with Crippen LogP contribution in [0.2, 0.25) is 0 Å². The minimum Gasteiger partial charge on any atom is -0.484 e. The highest BCUT2D eigenvalue weighted by Crippen LogP contribution is 1.70. The number of hydrogen-bond donors (Lipinski definition) is 2. The van der Waals surface area contributed by atoms with Crippen molar-refractivity contribution in [2.45, 2.75) is 0 Å². The van der Waals surface area contributed by atoms with Crippen molar-refractivity contribution in [1.82, 2.24) is 0 Å². The third-order valence-corrected chi connectivity index (χ3v) is 2.58. The quantitative estimate of drug-likeness (QED) is 0.498. The Morgan fingerprint density at radius 3 is 1.67 bits per heavy atom. The van der Waals surface area contributed by atoms with Crippen LogP contribution in [0.4, 0.5) is 9.59 Å². The molecule has 0 spiro atoms. The molecular weight excluding hydrogens is 160 g/mol. The van der Waals surface area contributed by atoms with E-state index in [2.05, 4.69) is 4.12 Å². The fraction of sp³-hybridized carbons (Fsp3) is 0. The van der Waals surface area contributed by atoms with Crippen LogP contribution in [-0.2, 0) is 4.12 Å². The van der Waals surface area contributed by atoms with Gasteiger partial charge in [-0.15, -0.1) is 0 Å². The zero-order chi connectivity index (χ0) is 7.28. The van der Waals surface area contributed by atoms with Crippen molar-refractivity contribution in [2.24, 2.45) is 0 Å². The summed E-state index contributed by atoms with van der Waals surface area (Å²) in [5, 5.41) is 16.0. The lowest BCUT2D eigenvalue weighted by Gasteiger charge is -1.91. The second-order valence-corrected chi connectivity index (χ2v) is 4.70. The van der Waals surface area contributed by atoms with E-state index in [-0.39, 0.29) is 0 Å². The Balaban J connectivity index is 3.10. The van der Waals surface area contributed by atoms with Crippen molar-refractivity contribution in [2.75, 3.05) is 0 Å². The molecule has 0 heterocycles. The number of rotatable bonds is 4. The molecule has 0 aliphatic rings. The van der Waals surface area contributed by atoms with E-state index >= 15 is 0 Å². The largest absolute Gasteiger partial charge is 0.484 e. The summed E-state index contributed by atoms with van der Waals surface area (Å²) in [4.78, 5) is 19.5. The van der Waals surface area contributed by atoms with Gasteiger partial charge in [-0.25, -0.2) is 0 Å². The Labute approximate surface area is 55.5 Å². The van der Waals surface area contributed by atoms with Crippen molar-refractivity contribution in [3.05, 3.63) is 0 Å². The Kier molecular flexibility index (Phi) is 3.92. The summed E-state index contributed by atoms with van der Waals surface area (Å²) in [6.07, 6.45) is 0. The maximum Gasteiger partial charge on any atom is 0.292 e. The van der Waals surface area contributed by atoms with Gasteiger partial charge in [-0.05, 0) is 0 Å². The molecule has 0 bridgehead atoms. The topological polar surface area (TPSA) is 83.8 Å². The molecule has 0 saturated heterocycles. The van der Waals surface area contributed by atoms with Crippen molar-refractivity contribution < 1.29 is 23.9 Å². The minimum atomic E-state index is -1.60. The van der Waals surface area contributed by atoms with Crippen molar-refractivity contribution in [1.29, 1.82) is 0 Å². The maximum atomic E-state index is 9.75. The van der Waals surface area contributed by atoms with Gasteiger partial charge >= 0.3 is 0 Å². The summed E-state index contributed by atoms with van der Waals surface area (Å²) in [6.45, 7) is 0. The van der Waals surface area contributed by atoms with Crippen LogP contribution in [0, 0.1) is 0 Å². The molecule has 0 aliphatic carbocycles. The minimum absolute atomic E-state index is 0.997. The molecular formula is C2H6O5Si2. The lowest BCUT2D eigenvalue weighted by Crippen LogP contribution is -2.18. The van der Waals surface area contributed by atoms with Crippen LogP contribution in [0.25, 0.3) is 0 Å². The first-order chi connectivity index (χ1) is 4.13. The second kappa shape index (κ2) is 4.24. The average Bonchev–Trinajstić information content (AvgIpc) is 1.63. The molecule has 7 heteroatoms. The van der Waals surface area contributed by atoms with Gasteiger partial charge in [-0.3, -0.25) is 9.59 Å². The van der Waals surface area contributed by atoms with E-state index in [1.807, 2.05) is 0 Å². The highest BCUT2D eigenvalue weighted by molar-refractivity contribution is 6.77. The van der Waals surface area contributed by atoms with E-state index in [0.717, 1.165) is 0 Å². The molecule has 0 atom stereocenters. The Morgan fingerprint density at radius 2 is 1.44 bits per heavy atom. The predicted molar refractivity (Wildman–Crippen MR) is 34.2 cm³/mol. The zero-order valence-electron chi connectivity index (χ0n) is 4.53. The lowest BCUT2D eigenvalue weighted by molar-refractivity contribution is 0.215. The smallest absolute Gasteiger partial charge is 0.292 e. The summed E-state index contributed by atoms with van der Waals surface area (Å²) in [6, 6.07) is 0. The lowest BCUT2D eigenvalue weighted by atomic mass is 11.6. The van der Waals surface area contributed by atoms with Crippen molar-refractivity contribution >= 4 is 30.7 Å². The van der Waals surface area contributed by atoms with Crippen LogP contribution in [0.1, 0.15) is 0 Å². The van der Waals surface area contributed by atoms with Gasteiger partial charge in [0.15, 0.2) is 0 Å². The van der Waals surface area contributed by atoms with Gasteiger partial charge in [0.05, 0.1) is 0 Å². The normalized spacial score (nSPS) is 11.6. The Morgan fingerprint density at radius 1 is 1.11 bits per heavy atom. The highest BCUT2D eigenvalue weighted by atomic mass is 28.3. The average molecular weight is 166 g/mol. The third-order valence-electron chi connectivity index (χ3n) is 0.451. The molecule has 0 aliphatic heterocycles. The molecule has 0 unspecified atom stereocenters. The zero-order valence-corrected chi connectivity index (χ0v) is 7.36. The first-order valence-electron chi connectivity index (χ1n) is 2.14. The monoisotopic (exact) mass is 166 g/mol. The van der Waals surface area contributed by atoms with Gasteiger partial charge in [-0.2, -0.15) is 0 Å². The van der Waals surface area contributed by atoms with Gasteiger partial charge in [0, 0.05) is 0 Å². The molecule has 0 aromatic heterocycles. The molecule has 0 aromatic carbocycles. The van der Waals surface area contributed by atoms with Gasteiger partial charge in [0.25, 0.3) is 30.7 Å². The van der Waals surface area contributed by atoms with Crippen molar-refractivity contribution in [3.63, 3.8) is 0 Å². The fourth-order valence-electron chi connectivity index (χ4n) is 0.226. The first kappa shape index (κ1) is 8.33. The molecule has 52 valence electrons. The van der Waals surface area contributed by atoms with Crippen molar-refractivity contribution in [3.8, 4) is 0 Å². The molecule has 0 fully saturated rings. The van der Waals surface area contributed by atoms with Crippen LogP contribution >= 0.6 is 0 Å². The van der Waals surface area contributed by atoms with E-state index < -0.39 is 30.7 Å². The van der Waals surface area contributed by atoms with Gasteiger partial charge in [0.1, 0.15) is 0 Å². The van der Waals surface area contributed by atoms with E-state index in [1.165, 1.54) is 0 Å². The van der Waals surface area contributed by atoms with E-state index in [9.17, 15) is 9.59 Å². The van der Waals surface area contributed by atoms with Gasteiger partial charge < -0.3 is 14.3 Å². The summed E-state index contributed by atoms with van der Waals surface area (Å²) in [7, 11) is -3.20. The molecule has 9 heavy (non-hydrogen) atoms. The second-order valence-electron chi connectivity index (χ2n) is 1.28. The first-order valence-corrected chi connectivity index (χ1v) is 4.71. The SMILES string of the molecule is O=C(O)[SiH2]O[SiH2]C(=O)O. The number of hydrogen-bond acceptors (Lipinski definition) is 3. The highest BCUT2D eigenvalue weighted by Gasteiger charge is 2.01. The number of carboxylic acid groups (broad SMARTS) is 2. The van der Waals surface area contributed by atoms with Crippen LogP contribution < -0.4 is 0 Å². The summed E-state index contributed by atoms with van der Waals surface area (Å²) >= 11 is 0. The van der Waals surface area contributed by atoms with Crippen LogP contribution in [-0.4, -0.2) is 40.9 Å². The molecule has 5 nitrogen and oxygen atoms in total. The summed E-state index contributed by atoms with van der Waals surface area (Å²) < 4.78 is 4.44. The molecule has 0 rings (SSSR count). The Bertz CT molecular complexity index is 108. The molecule has 0 radical (unpaired) electrons. The van der Waals surface area contributed by atoms with Gasteiger partial charge in [0.2, 0.25) is 0 Å². The molecule has 0 amide bonds. The Hall–Kier alpha value is -0.666. The van der Waals surface area contributed by atoms with E-state index in [1.54, 1.807) is 0 Å². The van der Waals surface area contributed by atoms with Crippen LogP contribution in [0.15, 0.2) is 0 Å². The third kappa shape index (κ3) is 7.33. The fourth-order valence-corrected chi connectivity index (χ4v) is 2.03. The van der Waals surface area contributed by atoms with Gasteiger partial charge in [-0.1, -0.05) is 0 Å². The van der Waals surface area contributed by atoms with Crippen LogP contribution in [0.5, 0.6) is 0 Å².